The van der Waals surface area contributed by atoms with Crippen LogP contribution in [0.2, 0.25) is 13.1 Å². The van der Waals surface area contributed by atoms with Gasteiger partial charge in [-0.3, -0.25) is 0 Å². The molecule has 0 aliphatic heterocycles. The molecule has 0 amide bonds. The molecule has 4 heteroatoms. The van der Waals surface area contributed by atoms with Crippen molar-refractivity contribution in [3.05, 3.63) is 177 Å². The quantitative estimate of drug-likeness (QED) is 0.0946. The SMILES string of the molecule is CCCCc1cc2c(-c3cc(C)cc(C)c3)ccc(-c3cc(C)cc(C)c3)c2[cH-]1.CCCCc1cc2c(-c3cc(C)cc(C)c3)ccc(-c3cc(C)cc(C)c3)c2[cH-]1.C[Si]C.[Cl][Zr+2][Cl]. The average molecular weight is 979 g/mol. The van der Waals surface area contributed by atoms with Gasteiger partial charge in [0.25, 0.3) is 0 Å². The van der Waals surface area contributed by atoms with Gasteiger partial charge in [-0.1, -0.05) is 228 Å². The molecule has 0 atom stereocenters. The molecule has 0 bridgehead atoms. The van der Waals surface area contributed by atoms with Gasteiger partial charge < -0.3 is 0 Å². The van der Waals surface area contributed by atoms with E-state index in [0.29, 0.717) is 0 Å². The standard InChI is InChI=1S/2C29H31.C2H6Si.2ClH.Zr/c2*1-6-7-8-23-17-28-26(24-13-19(2)11-20(3)14-24)9-10-27(29(28)18-23)25-15-21(4)12-22(5)16-25;1-3-2;;;/h2*9-18H,6-8H2,1-5H3;1-2H3;2*1H;/q2*-1;;;;+4/p-2. The summed E-state index contributed by atoms with van der Waals surface area (Å²) in [7, 11) is 11.0. The number of hydrogen-bond donors (Lipinski definition) is 0. The molecule has 2 radical (unpaired) electrons. The molecule has 0 aliphatic rings. The summed E-state index contributed by atoms with van der Waals surface area (Å²) in [6.07, 6.45) is 7.26. The minimum absolute atomic E-state index is 0.826. The zero-order chi connectivity index (χ0) is 46.5. The molecule has 0 heterocycles. The van der Waals surface area contributed by atoms with Crippen LogP contribution in [0.15, 0.2) is 121 Å². The first-order valence-electron chi connectivity index (χ1n) is 23.1. The third-order valence-electron chi connectivity index (χ3n) is 11.7. The summed E-state index contributed by atoms with van der Waals surface area (Å²) in [5, 5.41) is 5.55. The first-order chi connectivity index (χ1) is 30.7. The summed E-state index contributed by atoms with van der Waals surface area (Å²) < 4.78 is 0. The molecule has 0 nitrogen and oxygen atoms in total. The van der Waals surface area contributed by atoms with Crippen molar-refractivity contribution in [1.82, 2.24) is 0 Å². The third kappa shape index (κ3) is 13.6. The summed E-state index contributed by atoms with van der Waals surface area (Å²) in [6.45, 7) is 26.4. The van der Waals surface area contributed by atoms with E-state index in [2.05, 4.69) is 204 Å². The molecule has 0 aliphatic carbocycles. The van der Waals surface area contributed by atoms with Crippen LogP contribution in [0.25, 0.3) is 66.1 Å². The Morgan fingerprint density at radius 3 is 0.891 bits per heavy atom. The molecule has 0 fully saturated rings. The van der Waals surface area contributed by atoms with Crippen LogP contribution in [-0.2, 0) is 33.7 Å². The Bertz CT molecular complexity index is 2330. The Hall–Kier alpha value is -3.78. The van der Waals surface area contributed by atoms with Crippen LogP contribution >= 0.6 is 17.0 Å². The summed E-state index contributed by atoms with van der Waals surface area (Å²) in [6, 6.07) is 46.6. The topological polar surface area (TPSA) is 0 Å². The normalized spacial score (nSPS) is 10.7. The minimum atomic E-state index is -0.826. The molecule has 0 aromatic heterocycles. The fourth-order valence-electron chi connectivity index (χ4n) is 9.30. The molecule has 8 rings (SSSR count). The van der Waals surface area contributed by atoms with E-state index in [1.54, 1.807) is 0 Å². The second-order valence-corrected chi connectivity index (χ2v) is 22.7. The average Bonchev–Trinajstić information content (AvgIpc) is 3.86. The van der Waals surface area contributed by atoms with Crippen LogP contribution in [0.4, 0.5) is 0 Å². The summed E-state index contributed by atoms with van der Waals surface area (Å²) in [4.78, 5) is 0. The molecule has 0 saturated carbocycles. The second-order valence-electron chi connectivity index (χ2n) is 18.0. The molecule has 0 unspecified atom stereocenters. The van der Waals surface area contributed by atoms with E-state index in [9.17, 15) is 0 Å². The van der Waals surface area contributed by atoms with E-state index in [1.165, 1.54) is 147 Å². The van der Waals surface area contributed by atoms with Crippen molar-refractivity contribution in [3.8, 4) is 44.5 Å². The van der Waals surface area contributed by atoms with Gasteiger partial charge in [-0.15, -0.1) is 44.8 Å². The molecular weight excluding hydrogens is 911 g/mol. The molecule has 0 spiro atoms. The van der Waals surface area contributed by atoms with Gasteiger partial charge in [0.2, 0.25) is 0 Å². The van der Waals surface area contributed by atoms with Gasteiger partial charge in [-0.2, -0.15) is 12.1 Å². The van der Waals surface area contributed by atoms with Crippen molar-refractivity contribution in [2.24, 2.45) is 0 Å². The number of benzene rings is 6. The predicted octanol–water partition coefficient (Wildman–Crippen LogP) is 19.1. The van der Waals surface area contributed by atoms with Crippen molar-refractivity contribution in [2.45, 2.75) is 121 Å². The number of halogens is 2. The van der Waals surface area contributed by atoms with E-state index in [0.717, 1.165) is 22.4 Å². The van der Waals surface area contributed by atoms with Crippen LogP contribution in [0.1, 0.15) is 95.2 Å². The van der Waals surface area contributed by atoms with Crippen molar-refractivity contribution < 1.29 is 20.8 Å². The molecule has 0 N–H and O–H groups in total. The van der Waals surface area contributed by atoms with Crippen LogP contribution in [0, 0.1) is 55.4 Å². The van der Waals surface area contributed by atoms with Crippen molar-refractivity contribution in [3.63, 3.8) is 0 Å². The van der Waals surface area contributed by atoms with E-state index >= 15 is 0 Å². The van der Waals surface area contributed by atoms with Crippen molar-refractivity contribution >= 4 is 48.1 Å². The number of unbranched alkanes of at least 4 members (excludes halogenated alkanes) is 2. The van der Waals surface area contributed by atoms with Gasteiger partial charge in [-0.05, 0) is 79.4 Å². The second kappa shape index (κ2) is 24.7. The number of rotatable bonds is 10. The van der Waals surface area contributed by atoms with E-state index in [1.807, 2.05) is 0 Å². The zero-order valence-corrected chi connectivity index (χ0v) is 45.5. The van der Waals surface area contributed by atoms with Crippen molar-refractivity contribution in [2.75, 3.05) is 0 Å². The Kier molecular flexibility index (Phi) is 19.7. The van der Waals surface area contributed by atoms with Crippen molar-refractivity contribution in [1.29, 1.82) is 0 Å². The third-order valence-corrected chi connectivity index (χ3v) is 11.7. The Morgan fingerprint density at radius 2 is 0.641 bits per heavy atom. The fourth-order valence-corrected chi connectivity index (χ4v) is 9.30. The van der Waals surface area contributed by atoms with E-state index < -0.39 is 20.8 Å². The maximum absolute atomic E-state index is 4.93. The Morgan fingerprint density at radius 1 is 0.406 bits per heavy atom. The van der Waals surface area contributed by atoms with Gasteiger partial charge in [-0.25, -0.2) is 0 Å². The fraction of sp³-hybridized carbons (Fsp3) is 0.300. The number of fused-ring (bicyclic) bond motifs is 2. The van der Waals surface area contributed by atoms with Crippen LogP contribution in [0.5, 0.6) is 0 Å². The molecule has 8 aromatic carbocycles. The molecule has 0 saturated heterocycles. The molecule has 330 valence electrons. The van der Waals surface area contributed by atoms with Crippen LogP contribution < -0.4 is 0 Å². The summed E-state index contributed by atoms with van der Waals surface area (Å²) in [5.74, 6) is 0. The summed E-state index contributed by atoms with van der Waals surface area (Å²) in [5.41, 5.74) is 24.2. The van der Waals surface area contributed by atoms with Gasteiger partial charge >= 0.3 is 37.9 Å². The summed E-state index contributed by atoms with van der Waals surface area (Å²) >= 11 is -0.826. The Labute approximate surface area is 408 Å². The van der Waals surface area contributed by atoms with Gasteiger partial charge in [0.05, 0.1) is 0 Å². The van der Waals surface area contributed by atoms with Crippen LogP contribution in [0.3, 0.4) is 0 Å². The maximum atomic E-state index is 4.93. The first kappa shape index (κ1) is 51.2. The number of hydrogen-bond acceptors (Lipinski definition) is 0. The Balaban J connectivity index is 0.000000215. The van der Waals surface area contributed by atoms with Gasteiger partial charge in [0, 0.05) is 9.52 Å². The molecule has 64 heavy (non-hydrogen) atoms. The molecular formula is C60H68Cl2SiZr. The predicted molar refractivity (Wildman–Crippen MR) is 285 cm³/mol. The zero-order valence-electron chi connectivity index (χ0n) is 40.5. The van der Waals surface area contributed by atoms with Gasteiger partial charge in [0.1, 0.15) is 0 Å². The monoisotopic (exact) mass is 976 g/mol. The first-order valence-corrected chi connectivity index (χ1v) is 31.4. The van der Waals surface area contributed by atoms with E-state index in [4.69, 9.17) is 17.0 Å². The van der Waals surface area contributed by atoms with Gasteiger partial charge in [0.15, 0.2) is 0 Å². The van der Waals surface area contributed by atoms with Crippen LogP contribution in [-0.4, -0.2) is 9.52 Å². The number of aryl methyl sites for hydroxylation is 10. The van der Waals surface area contributed by atoms with E-state index in [-0.39, 0.29) is 0 Å². The molecule has 8 aromatic rings.